The molecule has 1 spiro atoms. The summed E-state index contributed by atoms with van der Waals surface area (Å²) in [6.07, 6.45) is 5.80. The number of hydrogen-bond acceptors (Lipinski definition) is 7. The largest absolute Gasteiger partial charge is 0.460 e. The van der Waals surface area contributed by atoms with Crippen LogP contribution in [0.1, 0.15) is 43.7 Å². The quantitative estimate of drug-likeness (QED) is 0.287. The minimum Gasteiger partial charge on any atom is -0.460 e. The van der Waals surface area contributed by atoms with Gasteiger partial charge in [-0.2, -0.15) is 0 Å². The van der Waals surface area contributed by atoms with Crippen LogP contribution in [0.25, 0.3) is 0 Å². The summed E-state index contributed by atoms with van der Waals surface area (Å²) >= 11 is 3.56. The minimum absolute atomic E-state index is 0.0397. The van der Waals surface area contributed by atoms with Gasteiger partial charge in [0.05, 0.1) is 12.5 Å². The van der Waals surface area contributed by atoms with Gasteiger partial charge in [-0.15, -0.1) is 0 Å². The van der Waals surface area contributed by atoms with Gasteiger partial charge in [-0.25, -0.2) is 0 Å². The average molecular weight is 645 g/mol. The third-order valence-electron chi connectivity index (χ3n) is 8.56. The molecular weight excluding hydrogens is 606 g/mol. The van der Waals surface area contributed by atoms with Crippen molar-refractivity contribution < 1.29 is 33.8 Å². The number of nitrogens with zero attached hydrogens (tertiary/aromatic N) is 2. The number of amides is 3. The SMILES string of the molecule is Cc1ccc(C)c(N2C/C=C\CCC(=O)NC[C@H](C)OC(=O)[C@H]3[C@@H]4O[C@@]5(C=C4Br)[C@@H]3C(=O)N(CCCCO)[C@@H]5C2=O)c1. The molecule has 226 valence electrons. The molecule has 6 atom stereocenters. The number of nitrogens with one attached hydrogen (secondary N) is 1. The molecule has 0 saturated carbocycles. The lowest BCUT2D eigenvalue weighted by Gasteiger charge is -2.36. The highest BCUT2D eigenvalue weighted by Crippen LogP contribution is 2.59. The Hall–Kier alpha value is -3.02. The van der Waals surface area contributed by atoms with Gasteiger partial charge in [0, 0.05) is 36.3 Å². The van der Waals surface area contributed by atoms with E-state index in [1.165, 1.54) is 4.90 Å². The van der Waals surface area contributed by atoms with Crippen LogP contribution in [-0.4, -0.2) is 83.8 Å². The van der Waals surface area contributed by atoms with Gasteiger partial charge in [0.2, 0.25) is 11.8 Å². The Bertz CT molecular complexity index is 1330. The number of aliphatic hydroxyl groups is 1. The van der Waals surface area contributed by atoms with Crippen LogP contribution in [0.4, 0.5) is 5.69 Å². The smallest absolute Gasteiger partial charge is 0.313 e. The Balaban J connectivity index is 1.63. The second-order valence-electron chi connectivity index (χ2n) is 11.6. The van der Waals surface area contributed by atoms with E-state index in [9.17, 15) is 24.3 Å². The van der Waals surface area contributed by atoms with Crippen molar-refractivity contribution >= 4 is 45.3 Å². The predicted octanol–water partition coefficient (Wildman–Crippen LogP) is 2.68. The summed E-state index contributed by atoms with van der Waals surface area (Å²) in [5, 5.41) is 12.2. The molecule has 5 rings (SSSR count). The molecule has 2 saturated heterocycles. The normalized spacial score (nSPS) is 32.5. The standard InChI is InChI=1S/C31H38BrN3O7/c1-18-10-11-19(2)22(15-18)34-12-6-4-5-9-23(37)33-17-20(3)41-30(40)24-25-28(38)35(13-7-8-14-36)27(29(34)39)31(25)16-21(32)26(24)42-31/h4,6,10-11,15-16,20,24-27,36H,5,7-9,12-14,17H2,1-3H3,(H,33,37)/b6-4-/t20-,24+,25-,26+,27+,31-/m0/s1. The number of esters is 1. The van der Waals surface area contributed by atoms with E-state index in [0.29, 0.717) is 29.4 Å². The van der Waals surface area contributed by atoms with Crippen LogP contribution in [-0.2, 0) is 28.7 Å². The molecule has 4 heterocycles. The van der Waals surface area contributed by atoms with E-state index in [1.54, 1.807) is 17.9 Å². The molecule has 3 amide bonds. The molecule has 2 fully saturated rings. The van der Waals surface area contributed by atoms with Crippen LogP contribution < -0.4 is 10.2 Å². The number of allylic oxidation sites excluding steroid dienone is 1. The van der Waals surface area contributed by atoms with Crippen molar-refractivity contribution in [3.63, 3.8) is 0 Å². The number of unbranched alkanes of at least 4 members (excludes halogenated alkanes) is 1. The Kier molecular flexibility index (Phi) is 8.91. The molecule has 0 radical (unpaired) electrons. The molecule has 42 heavy (non-hydrogen) atoms. The first-order chi connectivity index (χ1) is 20.1. The summed E-state index contributed by atoms with van der Waals surface area (Å²) in [4.78, 5) is 58.2. The molecule has 0 aliphatic carbocycles. The van der Waals surface area contributed by atoms with Crippen molar-refractivity contribution in [2.24, 2.45) is 11.8 Å². The average Bonchev–Trinajstić information content (AvgIpc) is 3.54. The third kappa shape index (κ3) is 5.42. The first kappa shape index (κ1) is 30.4. The molecule has 5 bridgehead atoms. The van der Waals surface area contributed by atoms with Gasteiger partial charge in [-0.05, 0) is 63.3 Å². The van der Waals surface area contributed by atoms with E-state index < -0.39 is 41.7 Å². The molecule has 4 aliphatic rings. The lowest BCUT2D eigenvalue weighted by Crippen LogP contribution is -2.56. The number of carbonyl (C=O) groups is 4. The lowest BCUT2D eigenvalue weighted by molar-refractivity contribution is -0.158. The molecule has 10 nitrogen and oxygen atoms in total. The lowest BCUT2D eigenvalue weighted by atomic mass is 9.74. The van der Waals surface area contributed by atoms with Crippen LogP contribution in [0, 0.1) is 25.7 Å². The van der Waals surface area contributed by atoms with E-state index in [2.05, 4.69) is 21.2 Å². The third-order valence-corrected chi connectivity index (χ3v) is 9.24. The van der Waals surface area contributed by atoms with Gasteiger partial charge in [0.25, 0.3) is 5.91 Å². The molecule has 0 unspecified atom stereocenters. The first-order valence-electron chi connectivity index (χ1n) is 14.6. The topological polar surface area (TPSA) is 125 Å². The zero-order chi connectivity index (χ0) is 30.2. The fourth-order valence-electron chi connectivity index (χ4n) is 6.54. The fourth-order valence-corrected chi connectivity index (χ4v) is 7.28. The van der Waals surface area contributed by atoms with Crippen molar-refractivity contribution in [3.8, 4) is 0 Å². The van der Waals surface area contributed by atoms with E-state index in [4.69, 9.17) is 9.47 Å². The van der Waals surface area contributed by atoms with Gasteiger partial charge < -0.3 is 29.7 Å². The van der Waals surface area contributed by atoms with Crippen molar-refractivity contribution in [2.45, 2.75) is 70.3 Å². The number of rotatable bonds is 5. The molecule has 0 aromatic heterocycles. The van der Waals surface area contributed by atoms with Gasteiger partial charge in [-0.3, -0.25) is 19.2 Å². The van der Waals surface area contributed by atoms with Crippen LogP contribution in [0.15, 0.2) is 40.9 Å². The summed E-state index contributed by atoms with van der Waals surface area (Å²) in [6.45, 7) is 6.12. The van der Waals surface area contributed by atoms with Crippen molar-refractivity contribution in [1.82, 2.24) is 10.2 Å². The second-order valence-corrected chi connectivity index (χ2v) is 12.5. The highest BCUT2D eigenvalue weighted by Gasteiger charge is 2.74. The second kappa shape index (κ2) is 12.3. The molecular formula is C31H38BrN3O7. The van der Waals surface area contributed by atoms with Crippen molar-refractivity contribution in [2.75, 3.05) is 31.1 Å². The van der Waals surface area contributed by atoms with E-state index in [1.807, 2.05) is 44.2 Å². The number of aryl methyl sites for hydroxylation is 2. The Labute approximate surface area is 254 Å². The number of fused-ring (bicyclic) bond motifs is 2. The number of aliphatic hydroxyl groups excluding tert-OH is 1. The van der Waals surface area contributed by atoms with Gasteiger partial charge in [0.15, 0.2) is 0 Å². The van der Waals surface area contributed by atoms with E-state index >= 15 is 0 Å². The monoisotopic (exact) mass is 643 g/mol. The summed E-state index contributed by atoms with van der Waals surface area (Å²) in [6, 6.07) is 4.84. The highest BCUT2D eigenvalue weighted by atomic mass is 79.9. The number of hydrogen-bond donors (Lipinski definition) is 2. The van der Waals surface area contributed by atoms with Crippen LogP contribution in [0.3, 0.4) is 0 Å². The number of benzene rings is 1. The number of anilines is 1. The Morgan fingerprint density at radius 3 is 2.67 bits per heavy atom. The number of halogens is 1. The molecule has 1 aromatic carbocycles. The summed E-state index contributed by atoms with van der Waals surface area (Å²) in [5.41, 5.74) is 1.21. The van der Waals surface area contributed by atoms with Crippen LogP contribution in [0.2, 0.25) is 0 Å². The Morgan fingerprint density at radius 1 is 1.12 bits per heavy atom. The first-order valence-corrected chi connectivity index (χ1v) is 15.4. The maximum atomic E-state index is 14.8. The summed E-state index contributed by atoms with van der Waals surface area (Å²) < 4.78 is 12.9. The fraction of sp³-hybridized carbons (Fsp3) is 0.548. The summed E-state index contributed by atoms with van der Waals surface area (Å²) in [5.74, 6) is -3.35. The van der Waals surface area contributed by atoms with Crippen LogP contribution >= 0.6 is 15.9 Å². The molecule has 1 aromatic rings. The number of ether oxygens (including phenoxy) is 2. The number of carbonyl (C=O) groups excluding carboxylic acids is 4. The maximum absolute atomic E-state index is 14.8. The van der Waals surface area contributed by atoms with Gasteiger partial charge >= 0.3 is 5.97 Å². The molecule has 2 N–H and O–H groups in total. The van der Waals surface area contributed by atoms with Gasteiger partial charge in [0.1, 0.15) is 29.8 Å². The number of likely N-dealkylation sites (tertiary alicyclic amines) is 1. The zero-order valence-corrected chi connectivity index (χ0v) is 25.8. The minimum atomic E-state index is -1.37. The maximum Gasteiger partial charge on any atom is 0.313 e. The van der Waals surface area contributed by atoms with E-state index in [0.717, 1.165) is 11.1 Å². The highest BCUT2D eigenvalue weighted by molar-refractivity contribution is 9.11. The molecule has 11 heteroatoms. The Morgan fingerprint density at radius 2 is 1.90 bits per heavy atom. The van der Waals surface area contributed by atoms with Gasteiger partial charge in [-0.1, -0.05) is 40.2 Å². The predicted molar refractivity (Wildman–Crippen MR) is 159 cm³/mol. The van der Waals surface area contributed by atoms with Crippen molar-refractivity contribution in [3.05, 3.63) is 52.0 Å². The number of cyclic esters (lactones) is 1. The summed E-state index contributed by atoms with van der Waals surface area (Å²) in [7, 11) is 0. The van der Waals surface area contributed by atoms with E-state index in [-0.39, 0.29) is 50.4 Å². The van der Waals surface area contributed by atoms with Crippen LogP contribution in [0.5, 0.6) is 0 Å². The van der Waals surface area contributed by atoms with Crippen molar-refractivity contribution in [1.29, 1.82) is 0 Å². The molecule has 4 aliphatic heterocycles. The zero-order valence-electron chi connectivity index (χ0n) is 24.2.